The molecule has 0 unspecified atom stereocenters. The van der Waals surface area contributed by atoms with Crippen LogP contribution in [0.15, 0.2) is 23.2 Å². The van der Waals surface area contributed by atoms with E-state index in [9.17, 15) is 8.78 Å². The van der Waals surface area contributed by atoms with Crippen molar-refractivity contribution >= 4 is 45.8 Å². The van der Waals surface area contributed by atoms with Gasteiger partial charge < -0.3 is 0 Å². The lowest BCUT2D eigenvalue weighted by molar-refractivity contribution is 0.150. The maximum atomic E-state index is 12.7. The van der Waals surface area contributed by atoms with E-state index in [0.29, 0.717) is 15.9 Å². The molecule has 1 aliphatic rings. The van der Waals surface area contributed by atoms with Gasteiger partial charge in [-0.1, -0.05) is 28.9 Å². The Hall–Kier alpha value is -1.73. The Morgan fingerprint density at radius 2 is 2.20 bits per heavy atom. The summed E-state index contributed by atoms with van der Waals surface area (Å²) in [6.45, 7) is 0. The Kier molecular flexibility index (Phi) is 4.16. The van der Waals surface area contributed by atoms with Crippen molar-refractivity contribution in [1.29, 1.82) is 0 Å². The van der Waals surface area contributed by atoms with Gasteiger partial charge in [-0.15, -0.1) is 16.6 Å². The molecular formula is C15H10ClF2N5S2. The van der Waals surface area contributed by atoms with E-state index in [0.717, 1.165) is 29.1 Å². The second-order valence-corrected chi connectivity index (χ2v) is 7.82. The van der Waals surface area contributed by atoms with Crippen LogP contribution < -0.4 is 4.72 Å². The van der Waals surface area contributed by atoms with Gasteiger partial charge in [0.2, 0.25) is 5.13 Å². The second kappa shape index (κ2) is 6.21. The number of aromatic nitrogens is 4. The SMILES string of the molecule is C#CC1(NSc2cc(Cl)c3cnn(-c4nnc(C(F)F)s4)c3c2)CC1. The predicted molar refractivity (Wildman–Crippen MR) is 94.3 cm³/mol. The maximum Gasteiger partial charge on any atom is 0.291 e. The highest BCUT2D eigenvalue weighted by Crippen LogP contribution is 2.39. The zero-order valence-corrected chi connectivity index (χ0v) is 14.9. The molecule has 0 bridgehead atoms. The van der Waals surface area contributed by atoms with Crippen LogP contribution in [-0.2, 0) is 0 Å². The molecule has 0 amide bonds. The molecule has 4 rings (SSSR count). The summed E-state index contributed by atoms with van der Waals surface area (Å²) >= 11 is 8.51. The summed E-state index contributed by atoms with van der Waals surface area (Å²) < 4.78 is 30.2. The fraction of sp³-hybridized carbons (Fsp3) is 0.267. The first kappa shape index (κ1) is 16.7. The van der Waals surface area contributed by atoms with Crippen molar-refractivity contribution in [2.45, 2.75) is 29.7 Å². The molecule has 2 aromatic heterocycles. The zero-order valence-electron chi connectivity index (χ0n) is 12.5. The molecule has 1 aromatic carbocycles. The molecule has 1 fully saturated rings. The van der Waals surface area contributed by atoms with Crippen LogP contribution in [-0.4, -0.2) is 25.5 Å². The van der Waals surface area contributed by atoms with Crippen LogP contribution in [0, 0.1) is 12.3 Å². The van der Waals surface area contributed by atoms with Gasteiger partial charge in [-0.05, 0) is 36.9 Å². The van der Waals surface area contributed by atoms with Gasteiger partial charge in [-0.3, -0.25) is 0 Å². The Bertz CT molecular complexity index is 990. The third kappa shape index (κ3) is 3.11. The van der Waals surface area contributed by atoms with Gasteiger partial charge in [0.25, 0.3) is 6.43 Å². The molecule has 25 heavy (non-hydrogen) atoms. The van der Waals surface area contributed by atoms with Crippen LogP contribution in [0.3, 0.4) is 0 Å². The zero-order chi connectivity index (χ0) is 17.6. The van der Waals surface area contributed by atoms with E-state index < -0.39 is 6.43 Å². The number of rotatable bonds is 5. The Balaban J connectivity index is 1.69. The van der Waals surface area contributed by atoms with Crippen molar-refractivity contribution in [3.05, 3.63) is 28.4 Å². The maximum absolute atomic E-state index is 12.7. The van der Waals surface area contributed by atoms with Crippen LogP contribution in [0.2, 0.25) is 5.02 Å². The molecular weight excluding hydrogens is 388 g/mol. The first-order valence-electron chi connectivity index (χ1n) is 7.22. The molecule has 0 radical (unpaired) electrons. The lowest BCUT2D eigenvalue weighted by Crippen LogP contribution is -2.22. The van der Waals surface area contributed by atoms with E-state index in [1.54, 1.807) is 6.20 Å². The first-order valence-corrected chi connectivity index (χ1v) is 9.23. The number of terminal acetylenes is 1. The molecule has 10 heteroatoms. The number of benzene rings is 1. The quantitative estimate of drug-likeness (QED) is 0.515. The standard InChI is InChI=1S/C15H10ClF2N5S2/c1-2-15(3-4-15)22-25-8-5-10(16)9-7-19-23(11(9)6-8)14-21-20-13(24-14)12(17)18/h1,5-7,12,22H,3-4H2. The van der Waals surface area contributed by atoms with E-state index in [-0.39, 0.29) is 15.7 Å². The van der Waals surface area contributed by atoms with Gasteiger partial charge >= 0.3 is 0 Å². The molecule has 0 aliphatic heterocycles. The molecule has 0 atom stereocenters. The second-order valence-electron chi connectivity index (χ2n) is 5.55. The number of fused-ring (bicyclic) bond motifs is 1. The number of hydrogen-bond donors (Lipinski definition) is 1. The average Bonchev–Trinajstić information content (AvgIpc) is 3.01. The molecule has 128 valence electrons. The minimum Gasteiger partial charge on any atom is -0.242 e. The topological polar surface area (TPSA) is 55.6 Å². The van der Waals surface area contributed by atoms with E-state index in [4.69, 9.17) is 18.0 Å². The molecule has 5 nitrogen and oxygen atoms in total. The lowest BCUT2D eigenvalue weighted by atomic mass is 10.2. The van der Waals surface area contributed by atoms with Gasteiger partial charge in [-0.2, -0.15) is 5.10 Å². The van der Waals surface area contributed by atoms with E-state index in [1.165, 1.54) is 16.6 Å². The van der Waals surface area contributed by atoms with Crippen molar-refractivity contribution in [2.24, 2.45) is 0 Å². The van der Waals surface area contributed by atoms with Crippen molar-refractivity contribution in [3.63, 3.8) is 0 Å². The molecule has 2 heterocycles. The average molecular weight is 398 g/mol. The van der Waals surface area contributed by atoms with Crippen LogP contribution in [0.25, 0.3) is 16.0 Å². The predicted octanol–water partition coefficient (Wildman–Crippen LogP) is 4.23. The normalized spacial score (nSPS) is 15.6. The number of hydrogen-bond acceptors (Lipinski definition) is 6. The van der Waals surface area contributed by atoms with Crippen molar-refractivity contribution in [1.82, 2.24) is 24.7 Å². The fourth-order valence-electron chi connectivity index (χ4n) is 2.23. The highest BCUT2D eigenvalue weighted by atomic mass is 35.5. The van der Waals surface area contributed by atoms with Crippen LogP contribution in [0.4, 0.5) is 8.78 Å². The summed E-state index contributed by atoms with van der Waals surface area (Å²) in [5.41, 5.74) is 0.414. The smallest absolute Gasteiger partial charge is 0.242 e. The molecule has 1 aliphatic carbocycles. The van der Waals surface area contributed by atoms with Crippen LogP contribution in [0.1, 0.15) is 24.3 Å². The monoisotopic (exact) mass is 397 g/mol. The number of nitrogens with zero attached hydrogens (tertiary/aromatic N) is 4. The van der Waals surface area contributed by atoms with E-state index in [2.05, 4.69) is 25.9 Å². The first-order chi connectivity index (χ1) is 12.0. The molecule has 3 aromatic rings. The minimum absolute atomic E-state index is 0.252. The minimum atomic E-state index is -2.66. The highest BCUT2D eigenvalue weighted by Gasteiger charge is 2.40. The Morgan fingerprint density at radius 3 is 2.84 bits per heavy atom. The number of alkyl halides is 2. The molecule has 0 spiro atoms. The van der Waals surface area contributed by atoms with Gasteiger partial charge in [0.15, 0.2) is 5.01 Å². The Morgan fingerprint density at radius 1 is 1.40 bits per heavy atom. The van der Waals surface area contributed by atoms with Crippen LogP contribution in [0.5, 0.6) is 0 Å². The van der Waals surface area contributed by atoms with Crippen molar-refractivity contribution in [3.8, 4) is 17.5 Å². The van der Waals surface area contributed by atoms with E-state index >= 15 is 0 Å². The fourth-order valence-corrected chi connectivity index (χ4v) is 4.15. The summed E-state index contributed by atoms with van der Waals surface area (Å²) in [5.74, 6) is 2.75. The molecule has 0 saturated heterocycles. The summed E-state index contributed by atoms with van der Waals surface area (Å²) in [5, 5.41) is 12.6. The third-order valence-corrected chi connectivity index (χ3v) is 5.98. The van der Waals surface area contributed by atoms with Gasteiger partial charge in [0, 0.05) is 10.3 Å². The van der Waals surface area contributed by atoms with Gasteiger partial charge in [0.05, 0.1) is 22.3 Å². The third-order valence-electron chi connectivity index (χ3n) is 3.80. The Labute approximate surface area is 154 Å². The van der Waals surface area contributed by atoms with Gasteiger partial charge in [-0.25, -0.2) is 18.2 Å². The molecule has 1 saturated carbocycles. The molecule has 1 N–H and O–H groups in total. The number of nitrogens with one attached hydrogen (secondary N) is 1. The summed E-state index contributed by atoms with van der Waals surface area (Å²) in [4.78, 5) is 0.847. The van der Waals surface area contributed by atoms with Crippen molar-refractivity contribution in [2.75, 3.05) is 0 Å². The summed E-state index contributed by atoms with van der Waals surface area (Å²) in [6.07, 6.45) is 6.31. The lowest BCUT2D eigenvalue weighted by Gasteiger charge is -2.10. The van der Waals surface area contributed by atoms with E-state index in [1.807, 2.05) is 12.1 Å². The summed E-state index contributed by atoms with van der Waals surface area (Å²) in [6, 6.07) is 3.67. The van der Waals surface area contributed by atoms with Crippen LogP contribution >= 0.6 is 34.9 Å². The largest absolute Gasteiger partial charge is 0.291 e. The van der Waals surface area contributed by atoms with Crippen molar-refractivity contribution < 1.29 is 8.78 Å². The summed E-state index contributed by atoms with van der Waals surface area (Å²) in [7, 11) is 0. The van der Waals surface area contributed by atoms with Gasteiger partial charge in [0.1, 0.15) is 0 Å². The highest BCUT2D eigenvalue weighted by molar-refractivity contribution is 7.97. The number of halogens is 3.